The van der Waals surface area contributed by atoms with E-state index in [2.05, 4.69) is 5.32 Å². The van der Waals surface area contributed by atoms with E-state index in [-0.39, 0.29) is 12.7 Å². The molecule has 2 N–H and O–H groups in total. The number of hydrogen-bond donors (Lipinski definition) is 2. The molecule has 0 spiro atoms. The van der Waals surface area contributed by atoms with Gasteiger partial charge in [0.1, 0.15) is 5.54 Å². The van der Waals surface area contributed by atoms with Gasteiger partial charge in [-0.25, -0.2) is 0 Å². The van der Waals surface area contributed by atoms with Crippen LogP contribution in [0, 0.1) is 0 Å². The van der Waals surface area contributed by atoms with Crippen molar-refractivity contribution in [3.05, 3.63) is 0 Å². The lowest BCUT2D eigenvalue weighted by atomic mass is 9.95. The van der Waals surface area contributed by atoms with Crippen LogP contribution in [0.25, 0.3) is 0 Å². The van der Waals surface area contributed by atoms with Crippen LogP contribution >= 0.6 is 0 Å². The fourth-order valence-corrected chi connectivity index (χ4v) is 1.06. The summed E-state index contributed by atoms with van der Waals surface area (Å²) >= 11 is 0. The Morgan fingerprint density at radius 2 is 2.31 bits per heavy atom. The van der Waals surface area contributed by atoms with Crippen LogP contribution in [0.1, 0.15) is 26.2 Å². The van der Waals surface area contributed by atoms with Gasteiger partial charge in [0.05, 0.1) is 12.7 Å². The Kier molecular flexibility index (Phi) is 3.27. The van der Waals surface area contributed by atoms with Crippen LogP contribution in [0.15, 0.2) is 0 Å². The summed E-state index contributed by atoms with van der Waals surface area (Å²) in [5.74, 6) is -0.866. The second-order valence-corrected chi connectivity index (χ2v) is 3.75. The van der Waals surface area contributed by atoms with Gasteiger partial charge in [-0.3, -0.25) is 4.79 Å². The van der Waals surface area contributed by atoms with Crippen molar-refractivity contribution in [1.29, 1.82) is 0 Å². The molecule has 76 valence electrons. The first-order valence-corrected chi connectivity index (χ1v) is 4.62. The van der Waals surface area contributed by atoms with Crippen molar-refractivity contribution in [2.24, 2.45) is 0 Å². The number of aliphatic carboxylic acids is 1. The number of nitrogens with one attached hydrogen (secondary N) is 1. The van der Waals surface area contributed by atoms with Crippen LogP contribution in [-0.4, -0.2) is 36.4 Å². The normalized spacial score (nSPS) is 22.0. The average Bonchev–Trinajstić information content (AvgIpc) is 2.01. The molecule has 0 radical (unpaired) electrons. The fraction of sp³-hybridized carbons (Fsp3) is 0.889. The summed E-state index contributed by atoms with van der Waals surface area (Å²) in [7, 11) is 1.64. The Balaban J connectivity index is 2.33. The van der Waals surface area contributed by atoms with Crippen molar-refractivity contribution in [2.75, 3.05) is 13.7 Å². The van der Waals surface area contributed by atoms with Crippen molar-refractivity contribution in [3.8, 4) is 0 Å². The quantitative estimate of drug-likeness (QED) is 0.662. The Labute approximate surface area is 78.3 Å². The van der Waals surface area contributed by atoms with Gasteiger partial charge in [0.25, 0.3) is 0 Å². The Morgan fingerprint density at radius 3 is 2.62 bits per heavy atom. The highest BCUT2D eigenvalue weighted by atomic mass is 16.5. The molecule has 0 bridgehead atoms. The zero-order valence-corrected chi connectivity index (χ0v) is 8.17. The molecule has 1 fully saturated rings. The molecular weight excluding hydrogens is 170 g/mol. The molecule has 1 atom stereocenters. The van der Waals surface area contributed by atoms with E-state index >= 15 is 0 Å². The molecule has 1 unspecified atom stereocenters. The number of carbonyl (C=O) groups is 1. The second-order valence-electron chi connectivity index (χ2n) is 3.75. The maximum Gasteiger partial charge on any atom is 0.326 e. The number of carboxylic acids is 1. The molecule has 4 nitrogen and oxygen atoms in total. The average molecular weight is 187 g/mol. The summed E-state index contributed by atoms with van der Waals surface area (Å²) in [6.07, 6.45) is 3.62. The minimum atomic E-state index is -0.949. The molecule has 0 aromatic heterocycles. The van der Waals surface area contributed by atoms with Gasteiger partial charge < -0.3 is 15.2 Å². The third-order valence-electron chi connectivity index (χ3n) is 2.68. The first-order chi connectivity index (χ1) is 6.08. The summed E-state index contributed by atoms with van der Waals surface area (Å²) in [6, 6.07) is 0. The van der Waals surface area contributed by atoms with E-state index in [0.29, 0.717) is 0 Å². The number of hydrogen-bond acceptors (Lipinski definition) is 3. The van der Waals surface area contributed by atoms with Crippen molar-refractivity contribution in [1.82, 2.24) is 5.32 Å². The number of rotatable bonds is 5. The highest BCUT2D eigenvalue weighted by molar-refractivity contribution is 5.78. The Hall–Kier alpha value is -0.610. The monoisotopic (exact) mass is 187 g/mol. The third kappa shape index (κ3) is 2.42. The van der Waals surface area contributed by atoms with Crippen LogP contribution < -0.4 is 5.32 Å². The number of likely N-dealkylation sites (N-methyl/N-ethyl adjacent to an activating group) is 1. The molecule has 0 aliphatic heterocycles. The Morgan fingerprint density at radius 1 is 1.69 bits per heavy atom. The standard InChI is InChI=1S/C9H17NO3/c1-9(10-2,8(11)12)6-13-7-4-3-5-7/h7,10H,3-6H2,1-2H3,(H,11,12). The lowest BCUT2D eigenvalue weighted by molar-refractivity contribution is -0.148. The highest BCUT2D eigenvalue weighted by Crippen LogP contribution is 2.23. The molecule has 13 heavy (non-hydrogen) atoms. The van der Waals surface area contributed by atoms with Crippen molar-refractivity contribution in [2.45, 2.75) is 37.8 Å². The SMILES string of the molecule is CNC(C)(COC1CCC1)C(=O)O. The van der Waals surface area contributed by atoms with Gasteiger partial charge in [0, 0.05) is 0 Å². The largest absolute Gasteiger partial charge is 0.480 e. The lowest BCUT2D eigenvalue weighted by Crippen LogP contribution is -2.52. The van der Waals surface area contributed by atoms with Crippen LogP contribution in [0.3, 0.4) is 0 Å². The van der Waals surface area contributed by atoms with Crippen LogP contribution in [0.4, 0.5) is 0 Å². The minimum absolute atomic E-state index is 0.240. The molecule has 1 rings (SSSR count). The minimum Gasteiger partial charge on any atom is -0.480 e. The summed E-state index contributed by atoms with van der Waals surface area (Å²) < 4.78 is 5.45. The molecule has 0 aromatic carbocycles. The van der Waals surface area contributed by atoms with Gasteiger partial charge in [0.15, 0.2) is 0 Å². The number of ether oxygens (including phenoxy) is 1. The molecule has 0 aromatic rings. The molecule has 4 heteroatoms. The summed E-state index contributed by atoms with van der Waals surface area (Å²) in [6.45, 7) is 1.87. The summed E-state index contributed by atoms with van der Waals surface area (Å²) in [4.78, 5) is 10.8. The van der Waals surface area contributed by atoms with Crippen LogP contribution in [0.2, 0.25) is 0 Å². The topological polar surface area (TPSA) is 58.6 Å². The van der Waals surface area contributed by atoms with E-state index in [9.17, 15) is 4.79 Å². The van der Waals surface area contributed by atoms with Gasteiger partial charge in [-0.2, -0.15) is 0 Å². The van der Waals surface area contributed by atoms with Gasteiger partial charge >= 0.3 is 5.97 Å². The van der Waals surface area contributed by atoms with E-state index in [1.807, 2.05) is 0 Å². The van der Waals surface area contributed by atoms with Crippen LogP contribution in [-0.2, 0) is 9.53 Å². The molecule has 0 heterocycles. The zero-order valence-electron chi connectivity index (χ0n) is 8.17. The predicted octanol–water partition coefficient (Wildman–Crippen LogP) is 0.618. The molecule has 1 aliphatic rings. The summed E-state index contributed by atoms with van der Waals surface area (Å²) in [5.41, 5.74) is -0.949. The van der Waals surface area contributed by atoms with Crippen LogP contribution in [0.5, 0.6) is 0 Å². The van der Waals surface area contributed by atoms with Crippen molar-refractivity contribution >= 4 is 5.97 Å². The highest BCUT2D eigenvalue weighted by Gasteiger charge is 2.33. The van der Waals surface area contributed by atoms with Gasteiger partial charge in [-0.1, -0.05) is 0 Å². The van der Waals surface area contributed by atoms with Gasteiger partial charge in [0.2, 0.25) is 0 Å². The molecule has 1 aliphatic carbocycles. The molecule has 0 amide bonds. The van der Waals surface area contributed by atoms with E-state index < -0.39 is 11.5 Å². The lowest BCUT2D eigenvalue weighted by Gasteiger charge is -2.31. The Bertz CT molecular complexity index is 191. The van der Waals surface area contributed by atoms with Gasteiger partial charge in [-0.05, 0) is 33.2 Å². The number of carboxylic acid groups (broad SMARTS) is 1. The van der Waals surface area contributed by atoms with E-state index in [1.165, 1.54) is 6.42 Å². The van der Waals surface area contributed by atoms with Crippen molar-refractivity contribution < 1.29 is 14.6 Å². The molecule has 0 saturated heterocycles. The fourth-order valence-electron chi connectivity index (χ4n) is 1.06. The predicted molar refractivity (Wildman–Crippen MR) is 48.7 cm³/mol. The van der Waals surface area contributed by atoms with E-state index in [0.717, 1.165) is 12.8 Å². The smallest absolute Gasteiger partial charge is 0.326 e. The maximum absolute atomic E-state index is 10.8. The maximum atomic E-state index is 10.8. The van der Waals surface area contributed by atoms with Gasteiger partial charge in [-0.15, -0.1) is 0 Å². The summed E-state index contributed by atoms with van der Waals surface area (Å²) in [5, 5.41) is 11.7. The third-order valence-corrected chi connectivity index (χ3v) is 2.68. The second kappa shape index (κ2) is 4.07. The van der Waals surface area contributed by atoms with Crippen molar-refractivity contribution in [3.63, 3.8) is 0 Å². The first kappa shape index (κ1) is 10.5. The van der Waals surface area contributed by atoms with E-state index in [4.69, 9.17) is 9.84 Å². The zero-order chi connectivity index (χ0) is 9.90. The molecule has 1 saturated carbocycles. The van der Waals surface area contributed by atoms with E-state index in [1.54, 1.807) is 14.0 Å². The first-order valence-electron chi connectivity index (χ1n) is 4.62. The molecular formula is C9H17NO3.